The molecule has 0 fully saturated rings. The van der Waals surface area contributed by atoms with Crippen molar-refractivity contribution in [3.05, 3.63) is 57.6 Å². The summed E-state index contributed by atoms with van der Waals surface area (Å²) < 4.78 is 0.657. The summed E-state index contributed by atoms with van der Waals surface area (Å²) in [5.41, 5.74) is 8.23. The lowest BCUT2D eigenvalue weighted by atomic mass is 10.0. The molecule has 1 aliphatic carbocycles. The van der Waals surface area contributed by atoms with Gasteiger partial charge < -0.3 is 26.0 Å². The molecule has 2 aromatic heterocycles. The van der Waals surface area contributed by atoms with Gasteiger partial charge in [0.1, 0.15) is 16.6 Å². The molecule has 5 N–H and O–H groups in total. The van der Waals surface area contributed by atoms with Crippen molar-refractivity contribution in [3.63, 3.8) is 0 Å². The number of thiophene rings is 1. The van der Waals surface area contributed by atoms with E-state index in [0.717, 1.165) is 21.3 Å². The monoisotopic (exact) mass is 432 g/mol. The lowest BCUT2D eigenvalue weighted by molar-refractivity contribution is -0.134. The van der Waals surface area contributed by atoms with Gasteiger partial charge in [0, 0.05) is 12.4 Å². The van der Waals surface area contributed by atoms with E-state index < -0.39 is 12.6 Å². The zero-order chi connectivity index (χ0) is 20.7. The molecule has 0 radical (unpaired) electrons. The van der Waals surface area contributed by atoms with Crippen LogP contribution in [0.4, 0.5) is 0 Å². The van der Waals surface area contributed by atoms with E-state index in [0.29, 0.717) is 16.5 Å². The smallest absolute Gasteiger partial charge is 0.268 e. The van der Waals surface area contributed by atoms with Crippen LogP contribution in [0.5, 0.6) is 0 Å². The molecule has 0 aliphatic heterocycles. The molecule has 1 aliphatic rings. The van der Waals surface area contributed by atoms with E-state index >= 15 is 0 Å². The zero-order valence-electron chi connectivity index (χ0n) is 15.7. The van der Waals surface area contributed by atoms with Gasteiger partial charge in [-0.15, -0.1) is 11.3 Å². The van der Waals surface area contributed by atoms with E-state index in [2.05, 4.69) is 10.3 Å². The number of aromatic amines is 1. The van der Waals surface area contributed by atoms with E-state index in [1.807, 2.05) is 30.3 Å². The minimum absolute atomic E-state index is 0.250. The third-order valence-electron chi connectivity index (χ3n) is 5.31. The number of aromatic nitrogens is 1. The summed E-state index contributed by atoms with van der Waals surface area (Å²) in [6.07, 6.45) is 0.597. The zero-order valence-corrected chi connectivity index (χ0v) is 17.3. The number of benzene rings is 1. The molecule has 0 spiro atoms. The minimum Gasteiger partial charge on any atom is -0.394 e. The van der Waals surface area contributed by atoms with E-state index in [9.17, 15) is 14.7 Å². The molecule has 0 unspecified atom stereocenters. The topological polar surface area (TPSA) is 111 Å². The molecule has 0 saturated carbocycles. The number of rotatable bonds is 5. The Morgan fingerprint density at radius 2 is 2.17 bits per heavy atom. The summed E-state index contributed by atoms with van der Waals surface area (Å²) in [4.78, 5) is 30.9. The van der Waals surface area contributed by atoms with Gasteiger partial charge >= 0.3 is 0 Å². The second kappa shape index (κ2) is 7.79. The number of carbonyl (C=O) groups is 2. The predicted molar refractivity (Wildman–Crippen MR) is 113 cm³/mol. The van der Waals surface area contributed by atoms with Crippen molar-refractivity contribution in [1.82, 2.24) is 15.2 Å². The maximum atomic E-state index is 12.9. The molecule has 9 heteroatoms. The van der Waals surface area contributed by atoms with Gasteiger partial charge in [0.05, 0.1) is 23.0 Å². The number of halogens is 1. The van der Waals surface area contributed by atoms with Crippen LogP contribution in [0.25, 0.3) is 10.2 Å². The van der Waals surface area contributed by atoms with E-state index in [-0.39, 0.29) is 23.9 Å². The van der Waals surface area contributed by atoms with Crippen molar-refractivity contribution in [2.75, 3.05) is 13.7 Å². The third-order valence-corrected chi connectivity index (χ3v) is 6.51. The molecule has 29 heavy (non-hydrogen) atoms. The van der Waals surface area contributed by atoms with Crippen LogP contribution < -0.4 is 11.1 Å². The Morgan fingerprint density at radius 1 is 1.41 bits per heavy atom. The van der Waals surface area contributed by atoms with Crippen molar-refractivity contribution < 1.29 is 14.7 Å². The molecular formula is C20H21ClN4O3S. The predicted octanol–water partition coefficient (Wildman–Crippen LogP) is 2.06. The molecular weight excluding hydrogens is 412 g/mol. The molecule has 0 saturated heterocycles. The van der Waals surface area contributed by atoms with Crippen molar-refractivity contribution in [1.29, 1.82) is 0 Å². The lowest BCUT2D eigenvalue weighted by Gasteiger charge is -2.32. The van der Waals surface area contributed by atoms with E-state index in [4.69, 9.17) is 17.3 Å². The standard InChI is InChI=1S/C20H21ClN4O3S/c1-25(20(28)13(22)9-26)17-12-5-3-2-4-10(12)6-14(17)23-18(27)15-7-11-8-16(21)29-19(11)24-15/h2-5,7-8,13-14,17,24,26H,6,9,22H2,1H3,(H,23,27)/t13-,14+,17-/m0/s1. The van der Waals surface area contributed by atoms with Crippen LogP contribution >= 0.6 is 22.9 Å². The highest BCUT2D eigenvalue weighted by atomic mass is 35.5. The maximum Gasteiger partial charge on any atom is 0.268 e. The van der Waals surface area contributed by atoms with Gasteiger partial charge in [-0.25, -0.2) is 0 Å². The van der Waals surface area contributed by atoms with Crippen LogP contribution in [0.2, 0.25) is 4.34 Å². The Balaban J connectivity index is 1.59. The van der Waals surface area contributed by atoms with E-state index in [1.165, 1.54) is 16.2 Å². The third kappa shape index (κ3) is 3.64. The Bertz CT molecular complexity index is 1050. The normalized spacial score (nSPS) is 19.2. The summed E-state index contributed by atoms with van der Waals surface area (Å²) in [7, 11) is 1.65. The van der Waals surface area contributed by atoms with Crippen LogP contribution in [0.15, 0.2) is 36.4 Å². The van der Waals surface area contributed by atoms with E-state index in [1.54, 1.807) is 13.1 Å². The number of hydrogen-bond acceptors (Lipinski definition) is 5. The first-order valence-corrected chi connectivity index (χ1v) is 10.4. The Hall–Kier alpha value is -2.39. The fourth-order valence-corrected chi connectivity index (χ4v) is 5.05. The number of H-pyrrole nitrogens is 1. The van der Waals surface area contributed by atoms with Gasteiger partial charge in [-0.3, -0.25) is 9.59 Å². The molecule has 2 amide bonds. The Labute approximate surface area is 176 Å². The first kappa shape index (κ1) is 19.9. The van der Waals surface area contributed by atoms with Gasteiger partial charge in [0.2, 0.25) is 5.91 Å². The average Bonchev–Trinajstić information content (AvgIpc) is 3.36. The van der Waals surface area contributed by atoms with Gasteiger partial charge in [0.15, 0.2) is 0 Å². The maximum absolute atomic E-state index is 12.9. The number of amides is 2. The Kier molecular flexibility index (Phi) is 5.35. The van der Waals surface area contributed by atoms with Gasteiger partial charge in [-0.2, -0.15) is 0 Å². The number of fused-ring (bicyclic) bond motifs is 2. The SMILES string of the molecule is CN(C(=O)[C@@H](N)CO)[C@H]1c2ccccc2C[C@H]1NC(=O)c1cc2cc(Cl)sc2[nH]1. The lowest BCUT2D eigenvalue weighted by Crippen LogP contribution is -2.50. The first-order valence-electron chi connectivity index (χ1n) is 9.19. The summed E-state index contributed by atoms with van der Waals surface area (Å²) in [5.74, 6) is -0.622. The van der Waals surface area contributed by atoms with Crippen LogP contribution in [0.3, 0.4) is 0 Å². The quantitative estimate of drug-likeness (QED) is 0.494. The summed E-state index contributed by atoms with van der Waals surface area (Å²) in [6.45, 7) is -0.434. The van der Waals surface area contributed by atoms with Crippen molar-refractivity contribution in [2.24, 2.45) is 5.73 Å². The van der Waals surface area contributed by atoms with Crippen LogP contribution in [0.1, 0.15) is 27.7 Å². The molecule has 2 heterocycles. The highest BCUT2D eigenvalue weighted by Gasteiger charge is 2.39. The number of nitrogens with two attached hydrogens (primary N) is 1. The molecule has 152 valence electrons. The number of hydrogen-bond donors (Lipinski definition) is 4. The van der Waals surface area contributed by atoms with Crippen LogP contribution in [0, 0.1) is 0 Å². The molecule has 4 rings (SSSR count). The highest BCUT2D eigenvalue weighted by molar-refractivity contribution is 7.22. The second-order valence-electron chi connectivity index (χ2n) is 7.18. The summed E-state index contributed by atoms with van der Waals surface area (Å²) in [5, 5.41) is 13.2. The number of aliphatic hydroxyl groups excluding tert-OH is 1. The molecule has 0 bridgehead atoms. The van der Waals surface area contributed by atoms with Crippen molar-refractivity contribution in [2.45, 2.75) is 24.5 Å². The molecule has 7 nitrogen and oxygen atoms in total. The van der Waals surface area contributed by atoms with Crippen LogP contribution in [-0.2, 0) is 11.2 Å². The fourth-order valence-electron chi connectivity index (χ4n) is 3.92. The summed E-state index contributed by atoms with van der Waals surface area (Å²) >= 11 is 7.38. The Morgan fingerprint density at radius 3 is 2.90 bits per heavy atom. The number of carbonyl (C=O) groups excluding carboxylic acids is 2. The summed E-state index contributed by atoms with van der Waals surface area (Å²) in [6, 6.07) is 9.68. The van der Waals surface area contributed by atoms with Gasteiger partial charge in [0.25, 0.3) is 5.91 Å². The highest BCUT2D eigenvalue weighted by Crippen LogP contribution is 2.36. The number of nitrogens with zero attached hydrogens (tertiary/aromatic N) is 1. The van der Waals surface area contributed by atoms with Crippen molar-refractivity contribution >= 4 is 45.0 Å². The second-order valence-corrected chi connectivity index (χ2v) is 8.87. The largest absolute Gasteiger partial charge is 0.394 e. The van der Waals surface area contributed by atoms with Crippen LogP contribution in [-0.4, -0.2) is 52.5 Å². The van der Waals surface area contributed by atoms with Gasteiger partial charge in [-0.05, 0) is 29.7 Å². The number of aliphatic hydroxyl groups is 1. The molecule has 3 aromatic rings. The fraction of sp³-hybridized carbons (Fsp3) is 0.300. The average molecular weight is 433 g/mol. The number of likely N-dealkylation sites (N-methyl/N-ethyl adjacent to an activating group) is 1. The van der Waals surface area contributed by atoms with Crippen molar-refractivity contribution in [3.8, 4) is 0 Å². The molecule has 1 aromatic carbocycles. The minimum atomic E-state index is -0.996. The number of nitrogens with one attached hydrogen (secondary N) is 2. The first-order chi connectivity index (χ1) is 13.9. The molecule has 3 atom stereocenters. The van der Waals surface area contributed by atoms with Gasteiger partial charge in [-0.1, -0.05) is 35.9 Å².